The van der Waals surface area contributed by atoms with Crippen LogP contribution in [0.25, 0.3) is 0 Å². The summed E-state index contributed by atoms with van der Waals surface area (Å²) in [7, 11) is 0. The largest absolute Gasteiger partial charge is 0.458 e. The third kappa shape index (κ3) is 1.45. The lowest BCUT2D eigenvalue weighted by atomic mass is 9.62. The van der Waals surface area contributed by atoms with Crippen LogP contribution >= 0.6 is 22.4 Å². The van der Waals surface area contributed by atoms with E-state index in [1.807, 2.05) is 24.3 Å². The van der Waals surface area contributed by atoms with Gasteiger partial charge in [-0.3, -0.25) is 0 Å². The number of fused-ring (bicyclic) bond motifs is 2. The molecule has 1 nitrogen and oxygen atoms in total. The summed E-state index contributed by atoms with van der Waals surface area (Å²) in [6, 6.07) is 16.4. The second-order valence-corrected chi connectivity index (χ2v) is 4.79. The summed E-state index contributed by atoms with van der Waals surface area (Å²) < 4.78 is 6.24. The Bertz CT molecular complexity index is 467. The van der Waals surface area contributed by atoms with Gasteiger partial charge in [0.15, 0.2) is 0 Å². The molecule has 0 saturated heterocycles. The summed E-state index contributed by atoms with van der Waals surface area (Å²) in [5.74, 6) is 1.96. The van der Waals surface area contributed by atoms with Gasteiger partial charge in [0, 0.05) is 0 Å². The van der Waals surface area contributed by atoms with Crippen molar-refractivity contribution in [2.24, 2.45) is 0 Å². The highest BCUT2D eigenvalue weighted by Crippen LogP contribution is 2.25. The number of benzene rings is 2. The fourth-order valence-corrected chi connectivity index (χ4v) is 2.88. The molecule has 0 amide bonds. The Morgan fingerprint density at radius 3 is 1.80 bits per heavy atom. The van der Waals surface area contributed by atoms with Crippen LogP contribution in [-0.4, -0.2) is 4.57 Å². The van der Waals surface area contributed by atoms with E-state index in [-0.39, 0.29) is 0 Å². The van der Waals surface area contributed by atoms with Crippen LogP contribution in [0.4, 0.5) is 0 Å². The lowest BCUT2D eigenvalue weighted by Crippen LogP contribution is -2.41. The zero-order valence-corrected chi connectivity index (χ0v) is 10.1. The summed E-state index contributed by atoms with van der Waals surface area (Å²) in [5, 5.41) is 0. The van der Waals surface area contributed by atoms with E-state index in [2.05, 4.69) is 46.6 Å². The first-order valence-corrected chi connectivity index (χ1v) is 6.10. The van der Waals surface area contributed by atoms with Gasteiger partial charge >= 0.3 is 0 Å². The minimum atomic E-state index is 0.392. The third-order valence-electron chi connectivity index (χ3n) is 2.60. The van der Waals surface area contributed by atoms with E-state index in [0.717, 1.165) is 11.5 Å². The monoisotopic (exact) mass is 306 g/mol. The van der Waals surface area contributed by atoms with E-state index >= 15 is 0 Å². The van der Waals surface area contributed by atoms with Crippen molar-refractivity contribution in [3.05, 3.63) is 48.5 Å². The molecular formula is C12H8BIO. The van der Waals surface area contributed by atoms with Crippen LogP contribution < -0.4 is 15.7 Å². The van der Waals surface area contributed by atoms with Gasteiger partial charge in [-0.15, -0.1) is 22.4 Å². The number of para-hydroxylation sites is 2. The highest BCUT2D eigenvalue weighted by molar-refractivity contribution is 14.1. The first-order chi connectivity index (χ1) is 7.36. The average Bonchev–Trinajstić information content (AvgIpc) is 2.30. The summed E-state index contributed by atoms with van der Waals surface area (Å²) in [6.45, 7) is 0. The molecule has 0 aromatic heterocycles. The van der Waals surface area contributed by atoms with Crippen LogP contribution in [0, 0.1) is 0 Å². The molecule has 72 valence electrons. The molecule has 0 N–H and O–H groups in total. The summed E-state index contributed by atoms with van der Waals surface area (Å²) in [5.41, 5.74) is 2.52. The Hall–Kier alpha value is -0.965. The van der Waals surface area contributed by atoms with Crippen molar-refractivity contribution in [3.63, 3.8) is 0 Å². The predicted octanol–water partition coefficient (Wildman–Crippen LogP) is 2.33. The molecule has 1 aliphatic rings. The minimum absolute atomic E-state index is 0.392. The second kappa shape index (κ2) is 3.56. The minimum Gasteiger partial charge on any atom is -0.458 e. The van der Waals surface area contributed by atoms with Crippen molar-refractivity contribution in [1.82, 2.24) is 0 Å². The first kappa shape index (κ1) is 9.27. The SMILES string of the molecule is IB1c2ccccc2Oc2ccccc21. The highest BCUT2D eigenvalue weighted by atomic mass is 127. The molecule has 0 atom stereocenters. The molecule has 1 aliphatic heterocycles. The molecule has 0 bridgehead atoms. The topological polar surface area (TPSA) is 9.23 Å². The Balaban J connectivity index is 2.20. The first-order valence-electron chi connectivity index (χ1n) is 4.86. The summed E-state index contributed by atoms with van der Waals surface area (Å²) in [6.07, 6.45) is 0. The molecule has 0 spiro atoms. The Morgan fingerprint density at radius 2 is 1.27 bits per heavy atom. The molecule has 0 radical (unpaired) electrons. The van der Waals surface area contributed by atoms with Gasteiger partial charge in [-0.2, -0.15) is 0 Å². The van der Waals surface area contributed by atoms with Crippen LogP contribution in [0.15, 0.2) is 48.5 Å². The fourth-order valence-electron chi connectivity index (χ4n) is 1.85. The second-order valence-electron chi connectivity index (χ2n) is 3.54. The highest BCUT2D eigenvalue weighted by Gasteiger charge is 2.27. The predicted molar refractivity (Wildman–Crippen MR) is 72.0 cm³/mol. The quantitative estimate of drug-likeness (QED) is 0.536. The van der Waals surface area contributed by atoms with Crippen molar-refractivity contribution in [1.29, 1.82) is 0 Å². The third-order valence-corrected chi connectivity index (χ3v) is 3.95. The van der Waals surface area contributed by atoms with Crippen LogP contribution in [0.1, 0.15) is 0 Å². The molecule has 2 aromatic carbocycles. The maximum Gasteiger partial charge on any atom is 0.290 e. The van der Waals surface area contributed by atoms with Gasteiger partial charge < -0.3 is 4.74 Å². The molecule has 0 saturated carbocycles. The Morgan fingerprint density at radius 1 is 0.800 bits per heavy atom. The standard InChI is InChI=1S/C12H8BIO/c14-13-9-5-1-3-7-11(9)15-12-8-4-2-6-10(12)13/h1-8H. The van der Waals surface area contributed by atoms with Gasteiger partial charge in [-0.05, 0) is 23.1 Å². The number of ether oxygens (including phenoxy) is 1. The van der Waals surface area contributed by atoms with Crippen molar-refractivity contribution in [2.75, 3.05) is 0 Å². The molecule has 0 aliphatic carbocycles. The Kier molecular flexibility index (Phi) is 2.20. The van der Waals surface area contributed by atoms with Crippen LogP contribution in [0.3, 0.4) is 0 Å². The van der Waals surface area contributed by atoms with Gasteiger partial charge in [0.1, 0.15) is 11.5 Å². The van der Waals surface area contributed by atoms with E-state index in [1.165, 1.54) is 10.9 Å². The Labute approximate surface area is 102 Å². The van der Waals surface area contributed by atoms with E-state index in [1.54, 1.807) is 0 Å². The lowest BCUT2D eigenvalue weighted by molar-refractivity contribution is 0.488. The van der Waals surface area contributed by atoms with Gasteiger partial charge in [0.05, 0.1) is 0 Å². The van der Waals surface area contributed by atoms with Crippen molar-refractivity contribution < 1.29 is 4.74 Å². The zero-order valence-electron chi connectivity index (χ0n) is 7.98. The molecule has 1 heterocycles. The number of hydrogen-bond acceptors (Lipinski definition) is 1. The lowest BCUT2D eigenvalue weighted by Gasteiger charge is -2.22. The molecule has 15 heavy (non-hydrogen) atoms. The smallest absolute Gasteiger partial charge is 0.290 e. The number of hydrogen-bond donors (Lipinski definition) is 0. The van der Waals surface area contributed by atoms with Gasteiger partial charge in [0.2, 0.25) is 0 Å². The average molecular weight is 306 g/mol. The normalized spacial score (nSPS) is 12.7. The number of rotatable bonds is 0. The molecule has 2 aromatic rings. The summed E-state index contributed by atoms with van der Waals surface area (Å²) >= 11 is 2.46. The van der Waals surface area contributed by atoms with E-state index in [0.29, 0.717) is 4.57 Å². The van der Waals surface area contributed by atoms with Crippen LogP contribution in [0.2, 0.25) is 0 Å². The fraction of sp³-hybridized carbons (Fsp3) is 0. The van der Waals surface area contributed by atoms with Crippen molar-refractivity contribution in [2.45, 2.75) is 0 Å². The van der Waals surface area contributed by atoms with Crippen molar-refractivity contribution in [3.8, 4) is 11.5 Å². The van der Waals surface area contributed by atoms with Crippen LogP contribution in [0.5, 0.6) is 11.5 Å². The maximum absolute atomic E-state index is 5.84. The summed E-state index contributed by atoms with van der Waals surface area (Å²) in [4.78, 5) is 0. The van der Waals surface area contributed by atoms with Gasteiger partial charge in [-0.25, -0.2) is 0 Å². The van der Waals surface area contributed by atoms with E-state index < -0.39 is 0 Å². The van der Waals surface area contributed by atoms with Gasteiger partial charge in [0.25, 0.3) is 4.57 Å². The number of halogens is 1. The zero-order chi connectivity index (χ0) is 10.3. The molecule has 3 rings (SSSR count). The molecule has 3 heteroatoms. The van der Waals surface area contributed by atoms with Gasteiger partial charge in [-0.1, -0.05) is 36.4 Å². The molecule has 0 unspecified atom stereocenters. The van der Waals surface area contributed by atoms with Crippen molar-refractivity contribution >= 4 is 37.9 Å². The van der Waals surface area contributed by atoms with E-state index in [9.17, 15) is 0 Å². The molecular weight excluding hydrogens is 298 g/mol. The molecule has 0 fully saturated rings. The van der Waals surface area contributed by atoms with Crippen LogP contribution in [-0.2, 0) is 0 Å². The van der Waals surface area contributed by atoms with E-state index in [4.69, 9.17) is 4.74 Å². The maximum atomic E-state index is 5.84.